The molecule has 48 heavy (non-hydrogen) atoms. The number of aryl methyl sites for hydroxylation is 2. The van der Waals surface area contributed by atoms with Gasteiger partial charge < -0.3 is 19.7 Å². The Morgan fingerprint density at radius 1 is 0.792 bits per heavy atom. The highest BCUT2D eigenvalue weighted by atomic mass is 32.2. The molecule has 0 aromatic heterocycles. The average Bonchev–Trinajstić information content (AvgIpc) is 3.08. The fraction of sp³-hybridized carbons (Fsp3) is 0.316. The van der Waals surface area contributed by atoms with Crippen molar-refractivity contribution < 1.29 is 27.5 Å². The van der Waals surface area contributed by atoms with Crippen molar-refractivity contribution in [1.82, 2.24) is 10.2 Å². The number of rotatable bonds is 15. The highest BCUT2D eigenvalue weighted by Gasteiger charge is 2.35. The maximum absolute atomic E-state index is 14.7. The lowest BCUT2D eigenvalue weighted by Gasteiger charge is -2.34. The smallest absolute Gasteiger partial charge is 0.264 e. The fourth-order valence-electron chi connectivity index (χ4n) is 5.50. The Bertz CT molecular complexity index is 1780. The number of methoxy groups -OCH3 is 2. The van der Waals surface area contributed by atoms with Crippen LogP contribution in [0, 0.1) is 13.8 Å². The summed E-state index contributed by atoms with van der Waals surface area (Å²) in [5.41, 5.74) is 3.68. The first-order chi connectivity index (χ1) is 23.0. The van der Waals surface area contributed by atoms with Gasteiger partial charge in [0.15, 0.2) is 11.5 Å². The first kappa shape index (κ1) is 36.0. The van der Waals surface area contributed by atoms with E-state index >= 15 is 0 Å². The number of amides is 2. The molecule has 10 heteroatoms. The Kier molecular flexibility index (Phi) is 12.2. The van der Waals surface area contributed by atoms with Crippen molar-refractivity contribution in [2.24, 2.45) is 0 Å². The summed E-state index contributed by atoms with van der Waals surface area (Å²) < 4.78 is 40.9. The van der Waals surface area contributed by atoms with E-state index in [9.17, 15) is 18.0 Å². The number of nitrogens with one attached hydrogen (secondary N) is 1. The van der Waals surface area contributed by atoms with Gasteiger partial charge in [0.1, 0.15) is 12.6 Å². The molecule has 0 radical (unpaired) electrons. The van der Waals surface area contributed by atoms with E-state index < -0.39 is 28.5 Å². The van der Waals surface area contributed by atoms with Gasteiger partial charge in [-0.25, -0.2) is 8.42 Å². The molecule has 0 saturated heterocycles. The lowest BCUT2D eigenvalue weighted by atomic mass is 10.0. The summed E-state index contributed by atoms with van der Waals surface area (Å²) in [6.07, 6.45) is 0.953. The topological polar surface area (TPSA) is 105 Å². The third-order valence-corrected chi connectivity index (χ3v) is 9.95. The lowest BCUT2D eigenvalue weighted by molar-refractivity contribution is -0.140. The van der Waals surface area contributed by atoms with Gasteiger partial charge in [-0.15, -0.1) is 0 Å². The van der Waals surface area contributed by atoms with Crippen LogP contribution in [0.3, 0.4) is 0 Å². The van der Waals surface area contributed by atoms with Crippen molar-refractivity contribution in [3.8, 4) is 11.5 Å². The lowest BCUT2D eigenvalue weighted by Crippen LogP contribution is -2.54. The number of carbonyl (C=O) groups excluding carboxylic acids is 2. The molecule has 1 N–H and O–H groups in total. The third kappa shape index (κ3) is 8.95. The van der Waals surface area contributed by atoms with Gasteiger partial charge in [-0.2, -0.15) is 0 Å². The number of benzene rings is 4. The largest absolute Gasteiger partial charge is 0.493 e. The predicted octanol–water partition coefficient (Wildman–Crippen LogP) is 6.07. The van der Waals surface area contributed by atoms with Gasteiger partial charge >= 0.3 is 0 Å². The summed E-state index contributed by atoms with van der Waals surface area (Å²) in [5.74, 6) is -0.225. The molecule has 0 fully saturated rings. The minimum Gasteiger partial charge on any atom is -0.493 e. The van der Waals surface area contributed by atoms with Crippen LogP contribution in [0.4, 0.5) is 5.69 Å². The second-order valence-corrected chi connectivity index (χ2v) is 13.8. The minimum absolute atomic E-state index is 0.0722. The standard InChI is InChI=1S/C38H45N3O6S/c1-7-29(4)39-38(43)34(23-30-14-10-8-11-15-30)40(25-31-16-12-9-13-17-31)37(42)26-41(32-21-27(2)20-28(3)22-32)48(44,45)33-18-19-35(46-5)36(24-33)47-6/h8-22,24,29,34H,7,23,25-26H2,1-6H3,(H,39,43)/t29-,34+/m1/s1. The Labute approximate surface area is 284 Å². The molecular weight excluding hydrogens is 627 g/mol. The SMILES string of the molecule is CC[C@@H](C)NC(=O)[C@H](Cc1ccccc1)N(Cc1ccccc1)C(=O)CN(c1cc(C)cc(C)c1)S(=O)(=O)c1ccc(OC)c(OC)c1. The molecule has 4 aromatic rings. The van der Waals surface area contributed by atoms with Gasteiger partial charge in [-0.1, -0.05) is 73.7 Å². The Morgan fingerprint density at radius 3 is 1.94 bits per heavy atom. The molecule has 0 aliphatic rings. The van der Waals surface area contributed by atoms with E-state index in [1.54, 1.807) is 12.1 Å². The highest BCUT2D eigenvalue weighted by Crippen LogP contribution is 2.33. The molecule has 2 amide bonds. The van der Waals surface area contributed by atoms with Crippen LogP contribution in [0.5, 0.6) is 11.5 Å². The first-order valence-electron chi connectivity index (χ1n) is 16.0. The second kappa shape index (κ2) is 16.3. The Balaban J connectivity index is 1.84. The molecule has 2 atom stereocenters. The van der Waals surface area contributed by atoms with E-state index in [-0.39, 0.29) is 35.6 Å². The van der Waals surface area contributed by atoms with E-state index in [0.717, 1.165) is 26.6 Å². The van der Waals surface area contributed by atoms with Gasteiger partial charge in [0, 0.05) is 25.1 Å². The van der Waals surface area contributed by atoms with E-state index in [1.165, 1.54) is 37.3 Å². The van der Waals surface area contributed by atoms with Crippen molar-refractivity contribution >= 4 is 27.5 Å². The maximum atomic E-state index is 14.7. The van der Waals surface area contributed by atoms with Crippen molar-refractivity contribution in [2.75, 3.05) is 25.1 Å². The molecule has 254 valence electrons. The number of carbonyl (C=O) groups is 2. The summed E-state index contributed by atoms with van der Waals surface area (Å²) in [6, 6.07) is 27.6. The predicted molar refractivity (Wildman–Crippen MR) is 189 cm³/mol. The molecule has 4 aromatic carbocycles. The maximum Gasteiger partial charge on any atom is 0.264 e. The quantitative estimate of drug-likeness (QED) is 0.165. The van der Waals surface area contributed by atoms with Gasteiger partial charge in [0.2, 0.25) is 11.8 Å². The monoisotopic (exact) mass is 671 g/mol. The minimum atomic E-state index is -4.32. The van der Waals surface area contributed by atoms with Crippen LogP contribution in [0.2, 0.25) is 0 Å². The molecule has 0 unspecified atom stereocenters. The molecule has 0 aliphatic carbocycles. The summed E-state index contributed by atoms with van der Waals surface area (Å²) >= 11 is 0. The summed E-state index contributed by atoms with van der Waals surface area (Å²) in [6.45, 7) is 7.19. The van der Waals surface area contributed by atoms with Gasteiger partial charge in [0.25, 0.3) is 10.0 Å². The van der Waals surface area contributed by atoms with Crippen molar-refractivity contribution in [2.45, 2.75) is 64.1 Å². The zero-order valence-electron chi connectivity index (χ0n) is 28.5. The van der Waals surface area contributed by atoms with Gasteiger partial charge in [0.05, 0.1) is 24.8 Å². The molecule has 0 aliphatic heterocycles. The Hall–Kier alpha value is -4.83. The van der Waals surface area contributed by atoms with E-state index in [0.29, 0.717) is 17.9 Å². The van der Waals surface area contributed by atoms with Crippen LogP contribution in [0.1, 0.15) is 42.5 Å². The summed E-state index contributed by atoms with van der Waals surface area (Å²) in [7, 11) is -1.43. The number of sulfonamides is 1. The van der Waals surface area contributed by atoms with E-state index in [1.807, 2.05) is 94.4 Å². The molecular formula is C38H45N3O6S. The van der Waals surface area contributed by atoms with Crippen LogP contribution in [0.25, 0.3) is 0 Å². The number of hydrogen-bond donors (Lipinski definition) is 1. The second-order valence-electron chi connectivity index (χ2n) is 11.9. The summed E-state index contributed by atoms with van der Waals surface area (Å²) in [4.78, 5) is 30.1. The van der Waals surface area contributed by atoms with E-state index in [4.69, 9.17) is 9.47 Å². The molecule has 0 spiro atoms. The zero-order valence-corrected chi connectivity index (χ0v) is 29.3. The van der Waals surface area contributed by atoms with Gasteiger partial charge in [-0.05, 0) is 73.7 Å². The van der Waals surface area contributed by atoms with Crippen molar-refractivity contribution in [3.63, 3.8) is 0 Å². The first-order valence-corrected chi connectivity index (χ1v) is 17.4. The van der Waals surface area contributed by atoms with E-state index in [2.05, 4.69) is 5.32 Å². The van der Waals surface area contributed by atoms with Crippen LogP contribution in [0.15, 0.2) is 102 Å². The van der Waals surface area contributed by atoms with Gasteiger partial charge in [-0.3, -0.25) is 13.9 Å². The normalized spacial score (nSPS) is 12.5. The van der Waals surface area contributed by atoms with Crippen molar-refractivity contribution in [3.05, 3.63) is 119 Å². The molecule has 4 rings (SSSR count). The Morgan fingerprint density at radius 2 is 1.38 bits per heavy atom. The molecule has 0 heterocycles. The number of anilines is 1. The van der Waals surface area contributed by atoms with Crippen molar-refractivity contribution in [1.29, 1.82) is 0 Å². The van der Waals surface area contributed by atoms with Crippen LogP contribution in [-0.4, -0.2) is 58.0 Å². The van der Waals surface area contributed by atoms with Crippen LogP contribution >= 0.6 is 0 Å². The molecule has 0 bridgehead atoms. The van der Waals surface area contributed by atoms with Crippen LogP contribution in [-0.2, 0) is 32.6 Å². The van der Waals surface area contributed by atoms with Crippen LogP contribution < -0.4 is 19.1 Å². The number of nitrogens with zero attached hydrogens (tertiary/aromatic N) is 2. The summed E-state index contributed by atoms with van der Waals surface area (Å²) in [5, 5.41) is 3.06. The molecule has 9 nitrogen and oxygen atoms in total. The number of hydrogen-bond acceptors (Lipinski definition) is 6. The fourth-order valence-corrected chi connectivity index (χ4v) is 6.92. The third-order valence-electron chi connectivity index (χ3n) is 8.18. The highest BCUT2D eigenvalue weighted by molar-refractivity contribution is 7.92. The number of ether oxygens (including phenoxy) is 2. The zero-order chi connectivity index (χ0) is 34.8. The molecule has 0 saturated carbocycles. The average molecular weight is 672 g/mol.